The number of amides is 2. The van der Waals surface area contributed by atoms with Crippen LogP contribution in [-0.4, -0.2) is 49.5 Å². The fourth-order valence-corrected chi connectivity index (χ4v) is 2.64. The Morgan fingerprint density at radius 1 is 1.21 bits per heavy atom. The molecule has 2 N–H and O–H groups in total. The molecule has 0 saturated carbocycles. The van der Waals surface area contributed by atoms with Crippen molar-refractivity contribution in [3.63, 3.8) is 0 Å². The molecule has 28 heavy (non-hydrogen) atoms. The van der Waals surface area contributed by atoms with Crippen molar-refractivity contribution in [1.29, 1.82) is 0 Å². The van der Waals surface area contributed by atoms with E-state index in [1.54, 1.807) is 26.0 Å². The van der Waals surface area contributed by atoms with Gasteiger partial charge in [-0.25, -0.2) is 0 Å². The molecule has 9 heteroatoms. The number of nitrogens with two attached hydrogens (primary N) is 1. The lowest BCUT2D eigenvalue weighted by molar-refractivity contribution is -0.132. The van der Waals surface area contributed by atoms with E-state index in [0.717, 1.165) is 5.56 Å². The average Bonchev–Trinajstić information content (AvgIpc) is 3.35. The van der Waals surface area contributed by atoms with E-state index in [-0.39, 0.29) is 18.3 Å². The highest BCUT2D eigenvalue weighted by molar-refractivity contribution is 6.19. The minimum Gasteiger partial charge on any atom is -0.465 e. The van der Waals surface area contributed by atoms with Crippen molar-refractivity contribution >= 4 is 23.6 Å². The summed E-state index contributed by atoms with van der Waals surface area (Å²) < 4.78 is 6.69. The van der Waals surface area contributed by atoms with Gasteiger partial charge in [0.2, 0.25) is 5.91 Å². The van der Waals surface area contributed by atoms with E-state index in [1.165, 1.54) is 21.9 Å². The number of hydrogen-bond donors (Lipinski definition) is 1. The van der Waals surface area contributed by atoms with Crippen LogP contribution in [0.2, 0.25) is 0 Å². The maximum Gasteiger partial charge on any atom is 0.273 e. The summed E-state index contributed by atoms with van der Waals surface area (Å²) in [6.07, 6.45) is 3.02. The summed E-state index contributed by atoms with van der Waals surface area (Å²) in [7, 11) is 0. The lowest BCUT2D eigenvalue weighted by Crippen LogP contribution is -2.43. The largest absolute Gasteiger partial charge is 0.465 e. The molecule has 0 spiro atoms. The first-order chi connectivity index (χ1) is 13.5. The fraction of sp³-hybridized carbons (Fsp3) is 0.211. The number of primary amides is 1. The number of rotatable bonds is 7. The Bertz CT molecular complexity index is 976. The van der Waals surface area contributed by atoms with Crippen LogP contribution in [0.4, 0.5) is 0 Å². The highest BCUT2D eigenvalue weighted by Gasteiger charge is 2.27. The molecule has 0 aliphatic carbocycles. The molecule has 0 aliphatic rings. The van der Waals surface area contributed by atoms with Crippen LogP contribution in [0, 0.1) is 0 Å². The minimum atomic E-state index is -0.612. The number of carbonyl (C=O) groups excluding carboxylic acids is 2. The molecule has 0 saturated heterocycles. The van der Waals surface area contributed by atoms with E-state index < -0.39 is 11.8 Å². The molecular weight excluding hydrogens is 360 g/mol. The zero-order chi connectivity index (χ0) is 20.1. The topological polar surface area (TPSA) is 120 Å². The van der Waals surface area contributed by atoms with Crippen molar-refractivity contribution < 1.29 is 14.0 Å². The molecule has 0 radical (unpaired) electrons. The Hall–Kier alpha value is -3.75. The van der Waals surface area contributed by atoms with E-state index in [1.807, 2.05) is 30.3 Å². The molecule has 0 fully saturated rings. The van der Waals surface area contributed by atoms with E-state index in [4.69, 9.17) is 10.2 Å². The molecule has 9 nitrogen and oxygen atoms in total. The highest BCUT2D eigenvalue weighted by Crippen LogP contribution is 2.22. The van der Waals surface area contributed by atoms with Gasteiger partial charge in [-0.3, -0.25) is 9.59 Å². The first kappa shape index (κ1) is 19.0. The summed E-state index contributed by atoms with van der Waals surface area (Å²) >= 11 is 0. The third kappa shape index (κ3) is 4.14. The van der Waals surface area contributed by atoms with Crippen molar-refractivity contribution in [1.82, 2.24) is 25.1 Å². The molecule has 144 valence electrons. The first-order valence-corrected chi connectivity index (χ1v) is 8.66. The Morgan fingerprint density at radius 2 is 1.96 bits per heavy atom. The quantitative estimate of drug-likeness (QED) is 0.622. The molecule has 2 aromatic heterocycles. The normalized spacial score (nSPS) is 11.6. The van der Waals surface area contributed by atoms with Gasteiger partial charge in [-0.05, 0) is 36.4 Å². The molecule has 0 atom stereocenters. The number of carbonyl (C=O) groups is 2. The smallest absolute Gasteiger partial charge is 0.273 e. The second-order valence-electron chi connectivity index (χ2n) is 6.32. The Morgan fingerprint density at radius 3 is 2.57 bits per heavy atom. The van der Waals surface area contributed by atoms with Gasteiger partial charge in [0.15, 0.2) is 5.82 Å². The van der Waals surface area contributed by atoms with Gasteiger partial charge in [-0.2, -0.15) is 4.68 Å². The molecule has 0 unspecified atom stereocenters. The second kappa shape index (κ2) is 8.30. The van der Waals surface area contributed by atoms with Gasteiger partial charge in [0, 0.05) is 17.7 Å². The number of tetrazole rings is 1. The van der Waals surface area contributed by atoms with Crippen LogP contribution in [0.15, 0.2) is 53.1 Å². The maximum absolute atomic E-state index is 13.3. The third-order valence-electron chi connectivity index (χ3n) is 3.98. The molecule has 3 aromatic rings. The number of nitrogens with zero attached hydrogens (tertiary/aromatic N) is 5. The van der Waals surface area contributed by atoms with Gasteiger partial charge >= 0.3 is 0 Å². The van der Waals surface area contributed by atoms with Crippen LogP contribution in [0.25, 0.3) is 23.2 Å². The Kier molecular flexibility index (Phi) is 5.64. The SMILES string of the molecule is CC(C)N(CC(N)=O)C(=O)/C(=C\c1ccco1)n1nnnc1-c1ccccc1. The van der Waals surface area contributed by atoms with Gasteiger partial charge in [-0.1, -0.05) is 30.3 Å². The molecule has 2 heterocycles. The molecular formula is C19H20N6O3. The van der Waals surface area contributed by atoms with Gasteiger partial charge in [0.05, 0.1) is 12.8 Å². The molecule has 2 amide bonds. The van der Waals surface area contributed by atoms with Crippen molar-refractivity contribution in [2.24, 2.45) is 5.73 Å². The predicted octanol–water partition coefficient (Wildman–Crippen LogP) is 1.65. The first-order valence-electron chi connectivity index (χ1n) is 8.66. The minimum absolute atomic E-state index is 0.133. The van der Waals surface area contributed by atoms with Gasteiger partial charge in [-0.15, -0.1) is 5.10 Å². The predicted molar refractivity (Wildman–Crippen MR) is 102 cm³/mol. The van der Waals surface area contributed by atoms with Crippen LogP contribution < -0.4 is 5.73 Å². The number of hydrogen-bond acceptors (Lipinski definition) is 6. The van der Waals surface area contributed by atoms with E-state index in [2.05, 4.69) is 15.5 Å². The second-order valence-corrected chi connectivity index (χ2v) is 6.32. The van der Waals surface area contributed by atoms with E-state index in [9.17, 15) is 9.59 Å². The summed E-state index contributed by atoms with van der Waals surface area (Å²) in [6, 6.07) is 12.4. The zero-order valence-corrected chi connectivity index (χ0v) is 15.5. The summed E-state index contributed by atoms with van der Waals surface area (Å²) in [6.45, 7) is 3.36. The van der Waals surface area contributed by atoms with Crippen molar-refractivity contribution in [2.45, 2.75) is 19.9 Å². The zero-order valence-electron chi connectivity index (χ0n) is 15.5. The maximum atomic E-state index is 13.3. The lowest BCUT2D eigenvalue weighted by atomic mass is 10.2. The summed E-state index contributed by atoms with van der Waals surface area (Å²) in [5.41, 5.74) is 6.19. The molecule has 0 bridgehead atoms. The summed E-state index contributed by atoms with van der Waals surface area (Å²) in [5, 5.41) is 11.8. The van der Waals surface area contributed by atoms with Crippen molar-refractivity contribution in [3.8, 4) is 11.4 Å². The molecule has 0 aliphatic heterocycles. The van der Waals surface area contributed by atoms with E-state index >= 15 is 0 Å². The summed E-state index contributed by atoms with van der Waals surface area (Å²) in [5.74, 6) is -0.232. The Labute approximate surface area is 161 Å². The van der Waals surface area contributed by atoms with Crippen molar-refractivity contribution in [2.75, 3.05) is 6.54 Å². The average molecular weight is 380 g/mol. The van der Waals surface area contributed by atoms with Gasteiger partial charge in [0.1, 0.15) is 11.5 Å². The lowest BCUT2D eigenvalue weighted by Gasteiger charge is -2.26. The van der Waals surface area contributed by atoms with Crippen LogP contribution in [0.5, 0.6) is 0 Å². The van der Waals surface area contributed by atoms with Crippen LogP contribution in [0.3, 0.4) is 0 Å². The van der Waals surface area contributed by atoms with Crippen molar-refractivity contribution in [3.05, 3.63) is 54.5 Å². The molecule has 1 aromatic carbocycles. The third-order valence-corrected chi connectivity index (χ3v) is 3.98. The number of aromatic nitrogens is 4. The van der Waals surface area contributed by atoms with Crippen LogP contribution in [0.1, 0.15) is 19.6 Å². The monoisotopic (exact) mass is 380 g/mol. The number of furan rings is 1. The number of benzene rings is 1. The van der Waals surface area contributed by atoms with Crippen LogP contribution in [-0.2, 0) is 9.59 Å². The highest BCUT2D eigenvalue weighted by atomic mass is 16.3. The summed E-state index contributed by atoms with van der Waals surface area (Å²) in [4.78, 5) is 26.2. The Balaban J connectivity index is 2.11. The van der Waals surface area contributed by atoms with Gasteiger partial charge in [0.25, 0.3) is 5.91 Å². The fourth-order valence-electron chi connectivity index (χ4n) is 2.64. The van der Waals surface area contributed by atoms with Gasteiger partial charge < -0.3 is 15.1 Å². The standard InChI is InChI=1S/C19H20N6O3/c1-13(2)24(12-17(20)26)19(27)16(11-15-9-6-10-28-15)25-18(21-22-23-25)14-7-4-3-5-8-14/h3-11,13H,12H2,1-2H3,(H2,20,26)/b16-11+. The van der Waals surface area contributed by atoms with E-state index in [0.29, 0.717) is 11.6 Å². The van der Waals surface area contributed by atoms with Crippen LogP contribution >= 0.6 is 0 Å². The molecule has 3 rings (SSSR count).